The fourth-order valence-corrected chi connectivity index (χ4v) is 3.96. The molecular weight excluding hydrogens is 416 g/mol. The summed E-state index contributed by atoms with van der Waals surface area (Å²) in [5.41, 5.74) is 3.27. The molecule has 3 aromatic rings. The van der Waals surface area contributed by atoms with Crippen molar-refractivity contribution in [3.8, 4) is 11.3 Å². The van der Waals surface area contributed by atoms with Crippen molar-refractivity contribution in [1.29, 1.82) is 0 Å². The molecule has 8 nitrogen and oxygen atoms in total. The molecule has 0 aliphatic carbocycles. The van der Waals surface area contributed by atoms with Crippen molar-refractivity contribution < 1.29 is 9.53 Å². The molecule has 0 spiro atoms. The Balaban J connectivity index is 1.36. The Labute approximate surface area is 195 Å². The predicted octanol–water partition coefficient (Wildman–Crippen LogP) is 3.31. The van der Waals surface area contributed by atoms with Gasteiger partial charge in [0.1, 0.15) is 5.82 Å². The number of carbonyl (C=O) groups is 1. The van der Waals surface area contributed by atoms with Crippen molar-refractivity contribution >= 4 is 17.4 Å². The summed E-state index contributed by atoms with van der Waals surface area (Å²) in [7, 11) is 0. The first-order valence-corrected chi connectivity index (χ1v) is 11.9. The van der Waals surface area contributed by atoms with Gasteiger partial charge in [0, 0.05) is 37.4 Å². The van der Waals surface area contributed by atoms with Crippen molar-refractivity contribution in [2.75, 3.05) is 51.3 Å². The van der Waals surface area contributed by atoms with Crippen LogP contribution in [-0.4, -0.2) is 71.3 Å². The Kier molecular flexibility index (Phi) is 7.91. The van der Waals surface area contributed by atoms with Gasteiger partial charge in [-0.1, -0.05) is 26.0 Å². The third-order valence-corrected chi connectivity index (χ3v) is 5.72. The number of amides is 1. The van der Waals surface area contributed by atoms with Gasteiger partial charge in [0.25, 0.3) is 5.91 Å². The molecule has 1 saturated heterocycles. The summed E-state index contributed by atoms with van der Waals surface area (Å²) in [6.45, 7) is 10.2. The molecule has 1 fully saturated rings. The molecule has 0 bridgehead atoms. The van der Waals surface area contributed by atoms with E-state index in [1.54, 1.807) is 0 Å². The van der Waals surface area contributed by atoms with Crippen LogP contribution in [0.1, 0.15) is 37.0 Å². The maximum absolute atomic E-state index is 12.5. The molecule has 1 amide bonds. The lowest BCUT2D eigenvalue weighted by molar-refractivity contribution is 0.0950. The molecule has 0 atom stereocenters. The summed E-state index contributed by atoms with van der Waals surface area (Å²) in [5, 5.41) is 11.0. The Bertz CT molecular complexity index is 1040. The first-order chi connectivity index (χ1) is 16.1. The minimum atomic E-state index is -0.0387. The van der Waals surface area contributed by atoms with Crippen LogP contribution in [-0.2, 0) is 4.74 Å². The zero-order valence-corrected chi connectivity index (χ0v) is 19.6. The minimum absolute atomic E-state index is 0.0387. The fraction of sp³-hybridized carbons (Fsp3) is 0.480. The second-order valence-electron chi connectivity index (χ2n) is 8.91. The Morgan fingerprint density at radius 2 is 1.88 bits per heavy atom. The molecule has 2 N–H and O–H groups in total. The van der Waals surface area contributed by atoms with Gasteiger partial charge in [-0.15, -0.1) is 5.10 Å². The van der Waals surface area contributed by atoms with Crippen molar-refractivity contribution in [2.45, 2.75) is 26.7 Å². The summed E-state index contributed by atoms with van der Waals surface area (Å²) >= 11 is 0. The number of ether oxygens (including phenoxy) is 1. The number of nitrogens with one attached hydrogen (secondary N) is 2. The normalized spacial score (nSPS) is 14.3. The van der Waals surface area contributed by atoms with E-state index in [1.807, 2.05) is 47.1 Å². The van der Waals surface area contributed by atoms with Gasteiger partial charge in [-0.25, -0.2) is 9.50 Å². The summed E-state index contributed by atoms with van der Waals surface area (Å²) in [6, 6.07) is 11.5. The highest BCUT2D eigenvalue weighted by atomic mass is 16.5. The second kappa shape index (κ2) is 11.2. The van der Waals surface area contributed by atoms with E-state index >= 15 is 0 Å². The summed E-state index contributed by atoms with van der Waals surface area (Å²) in [4.78, 5) is 19.3. The molecule has 0 radical (unpaired) electrons. The predicted molar refractivity (Wildman–Crippen MR) is 131 cm³/mol. The highest BCUT2D eigenvalue weighted by Crippen LogP contribution is 2.21. The molecule has 1 aliphatic rings. The quantitative estimate of drug-likeness (QED) is 0.436. The van der Waals surface area contributed by atoms with Gasteiger partial charge in [-0.05, 0) is 56.1 Å². The zero-order valence-electron chi connectivity index (χ0n) is 19.6. The van der Waals surface area contributed by atoms with Crippen LogP contribution in [0.25, 0.3) is 16.9 Å². The van der Waals surface area contributed by atoms with Gasteiger partial charge in [-0.3, -0.25) is 4.79 Å². The standard InChI is InChI=1S/C25H34N6O2/c1-19(2)18-33-16-12-26-23-9-10-24-28-17-22(31(24)29-23)20-5-7-21(8-6-20)25(32)27-11-15-30-13-3-4-14-30/h5-10,17,19H,3-4,11-16,18H2,1-2H3,(H,26,29)(H,27,32). The molecule has 8 heteroatoms. The average molecular weight is 451 g/mol. The van der Waals surface area contributed by atoms with Gasteiger partial charge in [-0.2, -0.15) is 0 Å². The number of fused-ring (bicyclic) bond motifs is 1. The van der Waals surface area contributed by atoms with Crippen LogP contribution in [0.3, 0.4) is 0 Å². The van der Waals surface area contributed by atoms with Gasteiger partial charge in [0.2, 0.25) is 0 Å². The van der Waals surface area contributed by atoms with E-state index in [-0.39, 0.29) is 5.91 Å². The molecule has 176 valence electrons. The van der Waals surface area contributed by atoms with Crippen molar-refractivity contribution in [1.82, 2.24) is 24.8 Å². The lowest BCUT2D eigenvalue weighted by atomic mass is 10.1. The molecule has 0 unspecified atom stereocenters. The van der Waals surface area contributed by atoms with Crippen LogP contribution in [0.15, 0.2) is 42.6 Å². The van der Waals surface area contributed by atoms with Crippen molar-refractivity contribution in [3.63, 3.8) is 0 Å². The molecule has 1 aliphatic heterocycles. The number of hydrogen-bond donors (Lipinski definition) is 2. The largest absolute Gasteiger partial charge is 0.379 e. The van der Waals surface area contributed by atoms with Gasteiger partial charge >= 0.3 is 0 Å². The summed E-state index contributed by atoms with van der Waals surface area (Å²) < 4.78 is 7.44. The van der Waals surface area contributed by atoms with E-state index in [9.17, 15) is 4.79 Å². The zero-order chi connectivity index (χ0) is 23.0. The number of rotatable bonds is 11. The average Bonchev–Trinajstić information content (AvgIpc) is 3.48. The Morgan fingerprint density at radius 1 is 1.09 bits per heavy atom. The molecule has 1 aromatic carbocycles. The Hall–Kier alpha value is -2.97. The Morgan fingerprint density at radius 3 is 2.64 bits per heavy atom. The van der Waals surface area contributed by atoms with Crippen LogP contribution in [0.2, 0.25) is 0 Å². The molecule has 2 aromatic heterocycles. The lowest BCUT2D eigenvalue weighted by Crippen LogP contribution is -2.33. The van der Waals surface area contributed by atoms with E-state index in [0.717, 1.165) is 49.0 Å². The van der Waals surface area contributed by atoms with E-state index < -0.39 is 0 Å². The van der Waals surface area contributed by atoms with Gasteiger partial charge in [0.15, 0.2) is 5.65 Å². The van der Waals surface area contributed by atoms with Gasteiger partial charge in [0.05, 0.1) is 18.5 Å². The monoisotopic (exact) mass is 450 g/mol. The molecule has 3 heterocycles. The highest BCUT2D eigenvalue weighted by molar-refractivity contribution is 5.94. The topological polar surface area (TPSA) is 83.8 Å². The van der Waals surface area contributed by atoms with Crippen LogP contribution >= 0.6 is 0 Å². The van der Waals surface area contributed by atoms with Crippen LogP contribution < -0.4 is 10.6 Å². The van der Waals surface area contributed by atoms with Crippen molar-refractivity contribution in [2.24, 2.45) is 5.92 Å². The first-order valence-electron chi connectivity index (χ1n) is 11.9. The lowest BCUT2D eigenvalue weighted by Gasteiger charge is -2.14. The third-order valence-electron chi connectivity index (χ3n) is 5.72. The smallest absolute Gasteiger partial charge is 0.251 e. The number of aromatic nitrogens is 3. The van der Waals surface area contributed by atoms with E-state index in [4.69, 9.17) is 4.74 Å². The number of anilines is 1. The molecule has 0 saturated carbocycles. The number of imidazole rings is 1. The number of nitrogens with zero attached hydrogens (tertiary/aromatic N) is 4. The third kappa shape index (κ3) is 6.30. The number of hydrogen-bond acceptors (Lipinski definition) is 6. The first kappa shape index (κ1) is 23.2. The molecule has 33 heavy (non-hydrogen) atoms. The van der Waals surface area contributed by atoms with Gasteiger partial charge < -0.3 is 20.3 Å². The number of benzene rings is 1. The summed E-state index contributed by atoms with van der Waals surface area (Å²) in [6.07, 6.45) is 4.33. The minimum Gasteiger partial charge on any atom is -0.379 e. The summed E-state index contributed by atoms with van der Waals surface area (Å²) in [5.74, 6) is 1.26. The van der Waals surface area contributed by atoms with Crippen LogP contribution in [0.5, 0.6) is 0 Å². The number of likely N-dealkylation sites (tertiary alicyclic amines) is 1. The van der Waals surface area contributed by atoms with E-state index in [1.165, 1.54) is 12.8 Å². The fourth-order valence-electron chi connectivity index (χ4n) is 3.96. The number of carbonyl (C=O) groups excluding carboxylic acids is 1. The molecular formula is C25H34N6O2. The van der Waals surface area contributed by atoms with Crippen molar-refractivity contribution in [3.05, 3.63) is 48.2 Å². The molecule has 4 rings (SSSR count). The van der Waals surface area contributed by atoms with Crippen LogP contribution in [0.4, 0.5) is 5.82 Å². The van der Waals surface area contributed by atoms with Crippen LogP contribution in [0, 0.1) is 5.92 Å². The maximum atomic E-state index is 12.5. The van der Waals surface area contributed by atoms with E-state index in [0.29, 0.717) is 31.2 Å². The second-order valence-corrected chi connectivity index (χ2v) is 8.91. The highest BCUT2D eigenvalue weighted by Gasteiger charge is 2.13. The SMILES string of the molecule is CC(C)COCCNc1ccc2ncc(-c3ccc(C(=O)NCCN4CCCC4)cc3)n2n1. The maximum Gasteiger partial charge on any atom is 0.251 e. The van der Waals surface area contributed by atoms with E-state index in [2.05, 4.69) is 39.5 Å².